The molecular weight excluding hydrogens is 270 g/mol. The van der Waals surface area contributed by atoms with Crippen molar-refractivity contribution in [2.45, 2.75) is 0 Å². The van der Waals surface area contributed by atoms with E-state index in [1.165, 1.54) is 14.2 Å². The predicted molar refractivity (Wildman–Crippen MR) is 73.4 cm³/mol. The Morgan fingerprint density at radius 2 is 2.05 bits per heavy atom. The lowest BCUT2D eigenvalue weighted by molar-refractivity contribution is 0.0920. The maximum atomic E-state index is 12.0. The first-order valence-corrected chi connectivity index (χ1v) is 6.41. The number of alkyl halides is 1. The number of ether oxygens (including phenoxy) is 3. The topological polar surface area (TPSA) is 56.8 Å². The molecule has 0 fully saturated rings. The van der Waals surface area contributed by atoms with Crippen LogP contribution in [-0.4, -0.2) is 45.8 Å². The van der Waals surface area contributed by atoms with E-state index in [2.05, 4.69) is 5.32 Å². The Bertz CT molecular complexity index is 412. The molecule has 0 aliphatic heterocycles. The van der Waals surface area contributed by atoms with Gasteiger partial charge in [-0.15, -0.1) is 11.6 Å². The Balaban J connectivity index is 2.61. The first-order chi connectivity index (χ1) is 9.24. The summed E-state index contributed by atoms with van der Waals surface area (Å²) in [6.07, 6.45) is 0. The van der Waals surface area contributed by atoms with Gasteiger partial charge in [0, 0.05) is 12.4 Å². The van der Waals surface area contributed by atoms with Gasteiger partial charge in [-0.05, 0) is 12.1 Å². The van der Waals surface area contributed by atoms with E-state index in [0.717, 1.165) is 0 Å². The molecule has 1 rings (SSSR count). The Labute approximate surface area is 117 Å². The Morgan fingerprint density at radius 3 is 2.68 bits per heavy atom. The van der Waals surface area contributed by atoms with Gasteiger partial charge >= 0.3 is 0 Å². The molecule has 0 aromatic heterocycles. The Hall–Kier alpha value is -1.46. The minimum Gasteiger partial charge on any atom is -0.493 e. The number of nitrogens with one attached hydrogen (secondary N) is 1. The number of rotatable bonds is 8. The summed E-state index contributed by atoms with van der Waals surface area (Å²) in [5.74, 6) is 1.15. The van der Waals surface area contributed by atoms with Crippen LogP contribution < -0.4 is 14.8 Å². The first kappa shape index (κ1) is 15.6. The highest BCUT2D eigenvalue weighted by Gasteiger charge is 2.15. The van der Waals surface area contributed by atoms with E-state index >= 15 is 0 Å². The van der Waals surface area contributed by atoms with Crippen molar-refractivity contribution in [2.24, 2.45) is 0 Å². The molecule has 1 aromatic rings. The molecule has 1 aromatic carbocycles. The fourth-order valence-corrected chi connectivity index (χ4v) is 1.66. The highest BCUT2D eigenvalue weighted by Crippen LogP contribution is 2.30. The lowest BCUT2D eigenvalue weighted by Gasteiger charge is -2.12. The van der Waals surface area contributed by atoms with Gasteiger partial charge in [0.25, 0.3) is 5.91 Å². The maximum absolute atomic E-state index is 12.0. The average molecular weight is 288 g/mol. The summed E-state index contributed by atoms with van der Waals surface area (Å²) in [7, 11) is 3.03. The quantitative estimate of drug-likeness (QED) is 0.584. The third-order valence-electron chi connectivity index (χ3n) is 2.40. The van der Waals surface area contributed by atoms with Gasteiger partial charge in [-0.3, -0.25) is 4.79 Å². The van der Waals surface area contributed by atoms with Crippen molar-refractivity contribution in [1.82, 2.24) is 5.32 Å². The molecule has 19 heavy (non-hydrogen) atoms. The molecular formula is C13H18ClNO4. The van der Waals surface area contributed by atoms with Crippen LogP contribution in [0.5, 0.6) is 11.5 Å². The zero-order chi connectivity index (χ0) is 14.1. The van der Waals surface area contributed by atoms with Crippen LogP contribution in [0.3, 0.4) is 0 Å². The van der Waals surface area contributed by atoms with Crippen molar-refractivity contribution in [3.05, 3.63) is 23.8 Å². The number of carbonyl (C=O) groups excluding carboxylic acids is 1. The van der Waals surface area contributed by atoms with E-state index < -0.39 is 0 Å². The van der Waals surface area contributed by atoms with Crippen molar-refractivity contribution >= 4 is 17.5 Å². The van der Waals surface area contributed by atoms with Crippen LogP contribution in [-0.2, 0) is 4.74 Å². The fraction of sp³-hybridized carbons (Fsp3) is 0.462. The van der Waals surface area contributed by atoms with Crippen LogP contribution in [0.2, 0.25) is 0 Å². The second-order valence-electron chi connectivity index (χ2n) is 3.60. The fourth-order valence-electron chi connectivity index (χ4n) is 1.55. The van der Waals surface area contributed by atoms with E-state index in [-0.39, 0.29) is 5.91 Å². The molecule has 106 valence electrons. The molecule has 0 atom stereocenters. The van der Waals surface area contributed by atoms with Gasteiger partial charge in [0.1, 0.15) is 0 Å². The number of hydrogen-bond donors (Lipinski definition) is 1. The highest BCUT2D eigenvalue weighted by atomic mass is 35.5. The van der Waals surface area contributed by atoms with E-state index in [0.29, 0.717) is 42.7 Å². The van der Waals surface area contributed by atoms with Crippen molar-refractivity contribution in [2.75, 3.05) is 39.9 Å². The van der Waals surface area contributed by atoms with E-state index in [9.17, 15) is 4.79 Å². The van der Waals surface area contributed by atoms with Crippen molar-refractivity contribution in [1.29, 1.82) is 0 Å². The largest absolute Gasteiger partial charge is 0.493 e. The first-order valence-electron chi connectivity index (χ1n) is 5.87. The van der Waals surface area contributed by atoms with E-state index in [4.69, 9.17) is 25.8 Å². The van der Waals surface area contributed by atoms with E-state index in [1.807, 2.05) is 0 Å². The Kier molecular flexibility index (Phi) is 7.07. The van der Waals surface area contributed by atoms with Crippen LogP contribution in [0, 0.1) is 0 Å². The van der Waals surface area contributed by atoms with Crippen LogP contribution in [0.25, 0.3) is 0 Å². The molecule has 0 unspecified atom stereocenters. The van der Waals surface area contributed by atoms with Gasteiger partial charge < -0.3 is 19.5 Å². The number of amides is 1. The molecule has 5 nitrogen and oxygen atoms in total. The lowest BCUT2D eigenvalue weighted by Crippen LogP contribution is -2.27. The summed E-state index contributed by atoms with van der Waals surface area (Å²) in [6.45, 7) is 1.31. The Morgan fingerprint density at radius 1 is 1.26 bits per heavy atom. The molecule has 0 radical (unpaired) electrons. The second-order valence-corrected chi connectivity index (χ2v) is 3.98. The third-order valence-corrected chi connectivity index (χ3v) is 2.56. The minimum absolute atomic E-state index is 0.231. The number of halogens is 1. The summed E-state index contributed by atoms with van der Waals surface area (Å²) in [4.78, 5) is 12.0. The van der Waals surface area contributed by atoms with Crippen molar-refractivity contribution in [3.8, 4) is 11.5 Å². The second kappa shape index (κ2) is 8.61. The van der Waals surface area contributed by atoms with Crippen LogP contribution in [0.4, 0.5) is 0 Å². The number of para-hydroxylation sites is 1. The van der Waals surface area contributed by atoms with Crippen LogP contribution >= 0.6 is 11.6 Å². The number of hydrogen-bond acceptors (Lipinski definition) is 4. The van der Waals surface area contributed by atoms with Gasteiger partial charge in [-0.1, -0.05) is 6.07 Å². The molecule has 0 saturated heterocycles. The molecule has 0 heterocycles. The molecule has 6 heteroatoms. The maximum Gasteiger partial charge on any atom is 0.255 e. The minimum atomic E-state index is -0.231. The third kappa shape index (κ3) is 4.61. The summed E-state index contributed by atoms with van der Waals surface area (Å²) in [5, 5.41) is 2.74. The molecule has 1 amide bonds. The lowest BCUT2D eigenvalue weighted by atomic mass is 10.1. The zero-order valence-corrected chi connectivity index (χ0v) is 11.8. The van der Waals surface area contributed by atoms with E-state index in [1.54, 1.807) is 18.2 Å². The molecule has 0 bridgehead atoms. The normalized spacial score (nSPS) is 10.1. The highest BCUT2D eigenvalue weighted by molar-refractivity contribution is 6.17. The summed E-state index contributed by atoms with van der Waals surface area (Å²) >= 11 is 5.47. The van der Waals surface area contributed by atoms with Crippen molar-refractivity contribution < 1.29 is 19.0 Å². The number of benzene rings is 1. The smallest absolute Gasteiger partial charge is 0.255 e. The van der Waals surface area contributed by atoms with Gasteiger partial charge in [-0.2, -0.15) is 0 Å². The molecule has 0 spiro atoms. The summed E-state index contributed by atoms with van der Waals surface area (Å²) in [6, 6.07) is 5.15. The average Bonchev–Trinajstić information content (AvgIpc) is 2.45. The summed E-state index contributed by atoms with van der Waals surface area (Å²) < 4.78 is 15.5. The van der Waals surface area contributed by atoms with Gasteiger partial charge in [0.2, 0.25) is 0 Å². The number of methoxy groups -OCH3 is 2. The van der Waals surface area contributed by atoms with Crippen molar-refractivity contribution in [3.63, 3.8) is 0 Å². The molecule has 0 aliphatic rings. The van der Waals surface area contributed by atoms with Crippen LogP contribution in [0.1, 0.15) is 10.4 Å². The zero-order valence-electron chi connectivity index (χ0n) is 11.1. The molecule has 0 saturated carbocycles. The SMILES string of the molecule is COc1cccc(C(=O)NCCOCCCl)c1OC. The predicted octanol–water partition coefficient (Wildman–Crippen LogP) is 1.69. The van der Waals surface area contributed by atoms with Gasteiger partial charge in [0.15, 0.2) is 11.5 Å². The molecule has 0 aliphatic carbocycles. The van der Waals surface area contributed by atoms with Gasteiger partial charge in [0.05, 0.1) is 33.0 Å². The van der Waals surface area contributed by atoms with Crippen LogP contribution in [0.15, 0.2) is 18.2 Å². The molecule has 1 N–H and O–H groups in total. The number of carbonyl (C=O) groups is 1. The monoisotopic (exact) mass is 287 g/mol. The van der Waals surface area contributed by atoms with Gasteiger partial charge in [-0.25, -0.2) is 0 Å². The summed E-state index contributed by atoms with van der Waals surface area (Å²) in [5.41, 5.74) is 0.430. The standard InChI is InChI=1S/C13H18ClNO4/c1-17-11-5-3-4-10(12(11)18-2)13(16)15-7-9-19-8-6-14/h3-5H,6-9H2,1-2H3,(H,15,16).